The summed E-state index contributed by atoms with van der Waals surface area (Å²) < 4.78 is 5.45. The largest absolute Gasteiger partial charge is 0.377 e. The van der Waals surface area contributed by atoms with Crippen LogP contribution in [0.2, 0.25) is 0 Å². The molecule has 0 aromatic heterocycles. The molecule has 0 saturated carbocycles. The lowest BCUT2D eigenvalue weighted by atomic mass is 10.0. The van der Waals surface area contributed by atoms with Crippen molar-refractivity contribution in [2.24, 2.45) is 0 Å². The molecule has 1 N–H and O–H groups in total. The monoisotopic (exact) mass is 256 g/mol. The van der Waals surface area contributed by atoms with Gasteiger partial charge in [-0.25, -0.2) is 0 Å². The molecule has 5 heteroatoms. The number of nitrogens with one attached hydrogen (secondary N) is 1. The third kappa shape index (κ3) is 3.70. The number of carbonyl (C=O) groups excluding carboxylic acids is 2. The van der Waals surface area contributed by atoms with Gasteiger partial charge >= 0.3 is 0 Å². The molecule has 0 bridgehead atoms. The van der Waals surface area contributed by atoms with E-state index in [0.717, 1.165) is 6.42 Å². The lowest BCUT2D eigenvalue weighted by Crippen LogP contribution is -2.62. The molecule has 2 unspecified atom stereocenters. The van der Waals surface area contributed by atoms with Crippen molar-refractivity contribution >= 4 is 11.8 Å². The molecule has 1 saturated heterocycles. The van der Waals surface area contributed by atoms with Crippen LogP contribution in [-0.4, -0.2) is 48.1 Å². The Balaban J connectivity index is 2.60. The number of carbonyl (C=O) groups is 2. The molecule has 1 heterocycles. The zero-order valence-electron chi connectivity index (χ0n) is 11.7. The second-order valence-corrected chi connectivity index (χ2v) is 4.98. The lowest BCUT2D eigenvalue weighted by molar-refractivity contribution is -0.149. The molecule has 0 radical (unpaired) electrons. The van der Waals surface area contributed by atoms with Crippen LogP contribution in [0.4, 0.5) is 0 Å². The first-order valence-electron chi connectivity index (χ1n) is 6.69. The number of nitrogens with zero attached hydrogens (tertiary/aromatic N) is 1. The fraction of sp³-hybridized carbons (Fsp3) is 0.846. The Hall–Kier alpha value is -1.10. The number of amides is 2. The normalized spacial score (nSPS) is 24.6. The molecule has 0 aromatic carbocycles. The second kappa shape index (κ2) is 6.73. The van der Waals surface area contributed by atoms with Crippen LogP contribution in [0, 0.1) is 0 Å². The molecule has 1 rings (SSSR count). The highest BCUT2D eigenvalue weighted by Gasteiger charge is 2.37. The molecule has 2 atom stereocenters. The highest BCUT2D eigenvalue weighted by Crippen LogP contribution is 2.13. The van der Waals surface area contributed by atoms with Crippen molar-refractivity contribution in [3.05, 3.63) is 0 Å². The third-order valence-electron chi connectivity index (χ3n) is 3.11. The minimum atomic E-state index is -0.402. The molecule has 1 aliphatic rings. The van der Waals surface area contributed by atoms with Gasteiger partial charge in [0.1, 0.15) is 12.1 Å². The molecule has 5 nitrogen and oxygen atoms in total. The van der Waals surface area contributed by atoms with Crippen molar-refractivity contribution in [1.82, 2.24) is 10.2 Å². The number of hydrogen-bond donors (Lipinski definition) is 1. The van der Waals surface area contributed by atoms with E-state index in [4.69, 9.17) is 4.74 Å². The van der Waals surface area contributed by atoms with Crippen LogP contribution in [0.1, 0.15) is 40.5 Å². The van der Waals surface area contributed by atoms with Gasteiger partial charge in [0.2, 0.25) is 11.8 Å². The maximum absolute atomic E-state index is 12.2. The molecule has 2 amide bonds. The van der Waals surface area contributed by atoms with E-state index >= 15 is 0 Å². The average Bonchev–Trinajstić information content (AvgIpc) is 2.30. The molecule has 1 fully saturated rings. The number of rotatable bonds is 6. The van der Waals surface area contributed by atoms with Crippen LogP contribution in [0.3, 0.4) is 0 Å². The second-order valence-electron chi connectivity index (χ2n) is 4.98. The quantitative estimate of drug-likeness (QED) is 0.769. The number of piperazine rings is 1. The highest BCUT2D eigenvalue weighted by atomic mass is 16.5. The summed E-state index contributed by atoms with van der Waals surface area (Å²) in [5, 5.41) is 2.78. The van der Waals surface area contributed by atoms with Crippen molar-refractivity contribution in [3.63, 3.8) is 0 Å². The highest BCUT2D eigenvalue weighted by molar-refractivity contribution is 5.96. The van der Waals surface area contributed by atoms with E-state index in [0.29, 0.717) is 19.6 Å². The van der Waals surface area contributed by atoms with Gasteiger partial charge in [-0.3, -0.25) is 9.59 Å². The van der Waals surface area contributed by atoms with E-state index in [1.807, 2.05) is 20.8 Å². The smallest absolute Gasteiger partial charge is 0.245 e. The maximum Gasteiger partial charge on any atom is 0.245 e. The Morgan fingerprint density at radius 2 is 2.06 bits per heavy atom. The van der Waals surface area contributed by atoms with Gasteiger partial charge in [0.05, 0.1) is 12.7 Å². The maximum atomic E-state index is 12.2. The molecule has 0 aromatic rings. The fourth-order valence-corrected chi connectivity index (χ4v) is 2.06. The van der Waals surface area contributed by atoms with E-state index in [1.165, 1.54) is 0 Å². The predicted octanol–water partition coefficient (Wildman–Crippen LogP) is 0.927. The summed E-state index contributed by atoms with van der Waals surface area (Å²) in [6, 6.07) is -0.765. The summed E-state index contributed by atoms with van der Waals surface area (Å²) in [5.41, 5.74) is 0. The summed E-state index contributed by atoms with van der Waals surface area (Å²) in [6.07, 6.45) is 1.71. The van der Waals surface area contributed by atoms with Crippen LogP contribution >= 0.6 is 0 Å². The Labute approximate surface area is 109 Å². The third-order valence-corrected chi connectivity index (χ3v) is 3.11. The zero-order valence-corrected chi connectivity index (χ0v) is 11.7. The molecule has 0 spiro atoms. The van der Waals surface area contributed by atoms with Gasteiger partial charge in [0, 0.05) is 6.54 Å². The Morgan fingerprint density at radius 1 is 1.39 bits per heavy atom. The standard InChI is InChI=1S/C13H24N2O3/c1-5-6-11-13(17)15(7-8-18-9(2)3)10(4)12(16)14-11/h9-11H,5-8H2,1-4H3,(H,14,16). The molecule has 0 aliphatic carbocycles. The van der Waals surface area contributed by atoms with E-state index in [2.05, 4.69) is 5.32 Å². The molecule has 1 aliphatic heterocycles. The van der Waals surface area contributed by atoms with E-state index in [-0.39, 0.29) is 24.0 Å². The number of ether oxygens (including phenoxy) is 1. The topological polar surface area (TPSA) is 58.6 Å². The van der Waals surface area contributed by atoms with Gasteiger partial charge in [0.15, 0.2) is 0 Å². The number of hydrogen-bond acceptors (Lipinski definition) is 3. The average molecular weight is 256 g/mol. The minimum absolute atomic E-state index is 0.0105. The van der Waals surface area contributed by atoms with E-state index < -0.39 is 6.04 Å². The first-order chi connectivity index (χ1) is 8.47. The van der Waals surface area contributed by atoms with Crippen molar-refractivity contribution in [2.75, 3.05) is 13.2 Å². The lowest BCUT2D eigenvalue weighted by Gasteiger charge is -2.37. The van der Waals surface area contributed by atoms with Gasteiger partial charge in [-0.1, -0.05) is 13.3 Å². The van der Waals surface area contributed by atoms with Crippen LogP contribution in [0.5, 0.6) is 0 Å². The van der Waals surface area contributed by atoms with Gasteiger partial charge < -0.3 is 15.0 Å². The van der Waals surface area contributed by atoms with Gasteiger partial charge in [-0.15, -0.1) is 0 Å². The van der Waals surface area contributed by atoms with Crippen molar-refractivity contribution in [2.45, 2.75) is 58.7 Å². The van der Waals surface area contributed by atoms with Crippen LogP contribution < -0.4 is 5.32 Å². The summed E-state index contributed by atoms with van der Waals surface area (Å²) in [5.74, 6) is -0.0612. The molecule has 18 heavy (non-hydrogen) atoms. The van der Waals surface area contributed by atoms with Crippen molar-refractivity contribution < 1.29 is 14.3 Å². The fourth-order valence-electron chi connectivity index (χ4n) is 2.06. The summed E-state index contributed by atoms with van der Waals surface area (Å²) in [7, 11) is 0. The van der Waals surface area contributed by atoms with Gasteiger partial charge in [0.25, 0.3) is 0 Å². The van der Waals surface area contributed by atoms with Crippen LogP contribution in [0.25, 0.3) is 0 Å². The van der Waals surface area contributed by atoms with Crippen LogP contribution in [0.15, 0.2) is 0 Å². The summed E-state index contributed by atoms with van der Waals surface area (Å²) >= 11 is 0. The molecular weight excluding hydrogens is 232 g/mol. The Morgan fingerprint density at radius 3 is 2.61 bits per heavy atom. The summed E-state index contributed by atoms with van der Waals surface area (Å²) in [4.78, 5) is 25.6. The van der Waals surface area contributed by atoms with Crippen LogP contribution in [-0.2, 0) is 14.3 Å². The summed E-state index contributed by atoms with van der Waals surface area (Å²) in [6.45, 7) is 8.61. The minimum Gasteiger partial charge on any atom is -0.377 e. The van der Waals surface area contributed by atoms with Crippen molar-refractivity contribution in [1.29, 1.82) is 0 Å². The van der Waals surface area contributed by atoms with Crippen molar-refractivity contribution in [3.8, 4) is 0 Å². The van der Waals surface area contributed by atoms with Gasteiger partial charge in [-0.2, -0.15) is 0 Å². The first kappa shape index (κ1) is 15.0. The molecule has 104 valence electrons. The van der Waals surface area contributed by atoms with Gasteiger partial charge in [-0.05, 0) is 27.2 Å². The Kier molecular flexibility index (Phi) is 5.59. The Bertz CT molecular complexity index is 305. The zero-order chi connectivity index (χ0) is 13.7. The van der Waals surface area contributed by atoms with E-state index in [1.54, 1.807) is 11.8 Å². The first-order valence-corrected chi connectivity index (χ1v) is 6.69. The molecular formula is C13H24N2O3. The van der Waals surface area contributed by atoms with E-state index in [9.17, 15) is 9.59 Å². The predicted molar refractivity (Wildman–Crippen MR) is 69.1 cm³/mol. The SMILES string of the molecule is CCCC1NC(=O)C(C)N(CCOC(C)C)C1=O.